The van der Waals surface area contributed by atoms with E-state index >= 15 is 0 Å². The molecule has 1 aromatic heterocycles. The van der Waals surface area contributed by atoms with Gasteiger partial charge in [0.15, 0.2) is 0 Å². The largest absolute Gasteiger partial charge is 0.333 e. The fourth-order valence-corrected chi connectivity index (χ4v) is 4.17. The predicted octanol–water partition coefficient (Wildman–Crippen LogP) is 5.60. The number of para-hydroxylation sites is 2. The summed E-state index contributed by atoms with van der Waals surface area (Å²) in [7, 11) is 0. The summed E-state index contributed by atoms with van der Waals surface area (Å²) in [6, 6.07) is 28.5. The number of rotatable bonds is 6. The van der Waals surface area contributed by atoms with Gasteiger partial charge in [0, 0.05) is 11.4 Å². The van der Waals surface area contributed by atoms with E-state index in [2.05, 4.69) is 29.7 Å². The molecule has 0 aliphatic rings. The zero-order chi connectivity index (χ0) is 19.3. The average Bonchev–Trinajstić information content (AvgIpc) is 3.01. The van der Waals surface area contributed by atoms with Crippen molar-refractivity contribution in [3.05, 3.63) is 112 Å². The van der Waals surface area contributed by atoms with Crippen LogP contribution >= 0.6 is 11.8 Å². The minimum absolute atomic E-state index is 0.000820. The van der Waals surface area contributed by atoms with Crippen LogP contribution in [0.5, 0.6) is 0 Å². The fourth-order valence-electron chi connectivity index (χ4n) is 3.35. The van der Waals surface area contributed by atoms with Crippen molar-refractivity contribution in [2.45, 2.75) is 19.2 Å². The molecule has 0 aliphatic carbocycles. The molecule has 0 spiro atoms. The number of imidazole rings is 1. The third-order valence-corrected chi connectivity index (χ3v) is 5.73. The number of aromatic nitrogens is 2. The van der Waals surface area contributed by atoms with Crippen LogP contribution in [-0.2, 0) is 12.3 Å². The van der Waals surface area contributed by atoms with Gasteiger partial charge in [0.1, 0.15) is 0 Å². The molecule has 28 heavy (non-hydrogen) atoms. The van der Waals surface area contributed by atoms with E-state index in [1.165, 1.54) is 5.56 Å². The summed E-state index contributed by atoms with van der Waals surface area (Å²) in [6.45, 7) is 2.57. The molecule has 140 valence electrons. The summed E-state index contributed by atoms with van der Waals surface area (Å²) < 4.78 is 3.67. The lowest BCUT2D eigenvalue weighted by atomic mass is 10.2. The van der Waals surface area contributed by atoms with Crippen LogP contribution in [0.4, 0.5) is 0 Å². The Morgan fingerprint density at radius 3 is 2.07 bits per heavy atom. The van der Waals surface area contributed by atoms with Crippen LogP contribution in [-0.4, -0.2) is 9.13 Å². The van der Waals surface area contributed by atoms with Gasteiger partial charge in [-0.15, -0.1) is 11.8 Å². The molecule has 0 amide bonds. The van der Waals surface area contributed by atoms with Gasteiger partial charge in [-0.2, -0.15) is 0 Å². The minimum atomic E-state index is -0.000820. The van der Waals surface area contributed by atoms with Crippen molar-refractivity contribution in [1.82, 2.24) is 9.13 Å². The van der Waals surface area contributed by atoms with Crippen LogP contribution in [0.25, 0.3) is 16.7 Å². The highest BCUT2D eigenvalue weighted by molar-refractivity contribution is 8.01. The Hall–Kier alpha value is -2.98. The molecular formula is C24H22N2OS. The first-order chi connectivity index (χ1) is 13.7. The lowest BCUT2D eigenvalue weighted by Gasteiger charge is -2.04. The summed E-state index contributed by atoms with van der Waals surface area (Å²) in [4.78, 5) is 13.2. The summed E-state index contributed by atoms with van der Waals surface area (Å²) in [5, 5.41) is 2.08. The molecule has 0 saturated heterocycles. The Morgan fingerprint density at radius 1 is 0.821 bits per heavy atom. The maximum absolute atomic E-state index is 13.2. The molecule has 0 fully saturated rings. The molecule has 0 bridgehead atoms. The standard InChI is InChI=1S/C24H22N2OS/c1-19(17-28-18-21-12-6-3-7-13-21)26-23-15-9-8-14-22(23)25(24(26)27)16-20-10-4-2-5-11-20/h2-15,17H,16,18H2,1H3. The first kappa shape index (κ1) is 18.4. The zero-order valence-corrected chi connectivity index (χ0v) is 16.6. The van der Waals surface area contributed by atoms with Crippen LogP contribution in [0.1, 0.15) is 18.1 Å². The molecule has 4 heteroatoms. The second-order valence-electron chi connectivity index (χ2n) is 6.73. The maximum Gasteiger partial charge on any atom is 0.333 e. The minimum Gasteiger partial charge on any atom is -0.287 e. The third-order valence-electron chi connectivity index (χ3n) is 4.72. The number of nitrogens with zero attached hydrogens (tertiary/aromatic N) is 2. The molecule has 3 nitrogen and oxygen atoms in total. The normalized spacial score (nSPS) is 11.8. The van der Waals surface area contributed by atoms with Gasteiger partial charge in [-0.25, -0.2) is 4.79 Å². The number of thioether (sulfide) groups is 1. The molecule has 0 radical (unpaired) electrons. The Kier molecular flexibility index (Phi) is 5.49. The zero-order valence-electron chi connectivity index (χ0n) is 15.8. The van der Waals surface area contributed by atoms with Gasteiger partial charge in [-0.05, 0) is 35.6 Å². The van der Waals surface area contributed by atoms with Crippen LogP contribution in [0.15, 0.2) is 95.1 Å². The molecule has 0 atom stereocenters. The molecule has 0 saturated carbocycles. The highest BCUT2D eigenvalue weighted by Gasteiger charge is 2.14. The smallest absolute Gasteiger partial charge is 0.287 e. The van der Waals surface area contributed by atoms with Gasteiger partial charge in [0.05, 0.1) is 17.6 Å². The second kappa shape index (κ2) is 8.36. The number of hydrogen-bond acceptors (Lipinski definition) is 2. The summed E-state index contributed by atoms with van der Waals surface area (Å²) in [6.07, 6.45) is 0. The Labute approximate surface area is 168 Å². The quantitative estimate of drug-likeness (QED) is 0.431. The number of hydrogen-bond donors (Lipinski definition) is 0. The molecule has 0 N–H and O–H groups in total. The van der Waals surface area contributed by atoms with Gasteiger partial charge in [-0.3, -0.25) is 9.13 Å². The topological polar surface area (TPSA) is 26.9 Å². The predicted molar refractivity (Wildman–Crippen MR) is 119 cm³/mol. The van der Waals surface area contributed by atoms with Crippen molar-refractivity contribution in [3.63, 3.8) is 0 Å². The lowest BCUT2D eigenvalue weighted by molar-refractivity contribution is 0.766. The number of fused-ring (bicyclic) bond motifs is 1. The van der Waals surface area contributed by atoms with Gasteiger partial charge in [-0.1, -0.05) is 72.8 Å². The van der Waals surface area contributed by atoms with Crippen LogP contribution < -0.4 is 5.69 Å². The van der Waals surface area contributed by atoms with Crippen LogP contribution in [0.3, 0.4) is 0 Å². The first-order valence-electron chi connectivity index (χ1n) is 9.31. The Morgan fingerprint density at radius 2 is 1.39 bits per heavy atom. The van der Waals surface area contributed by atoms with E-state index in [0.29, 0.717) is 6.54 Å². The van der Waals surface area contributed by atoms with E-state index in [1.54, 1.807) is 11.8 Å². The molecule has 0 unspecified atom stereocenters. The van der Waals surface area contributed by atoms with Crippen molar-refractivity contribution in [1.29, 1.82) is 0 Å². The number of allylic oxidation sites excluding steroid dienone is 1. The van der Waals surface area contributed by atoms with E-state index < -0.39 is 0 Å². The van der Waals surface area contributed by atoms with Gasteiger partial charge < -0.3 is 0 Å². The van der Waals surface area contributed by atoms with Gasteiger partial charge >= 0.3 is 5.69 Å². The summed E-state index contributed by atoms with van der Waals surface area (Å²) >= 11 is 1.71. The molecule has 4 aromatic rings. The van der Waals surface area contributed by atoms with Crippen LogP contribution in [0.2, 0.25) is 0 Å². The van der Waals surface area contributed by atoms with Crippen molar-refractivity contribution in [2.75, 3.05) is 0 Å². The van der Waals surface area contributed by atoms with E-state index in [1.807, 2.05) is 76.7 Å². The van der Waals surface area contributed by atoms with E-state index in [4.69, 9.17) is 0 Å². The molecule has 3 aromatic carbocycles. The maximum atomic E-state index is 13.2. The Balaban J connectivity index is 1.68. The lowest BCUT2D eigenvalue weighted by Crippen LogP contribution is -2.23. The van der Waals surface area contributed by atoms with Crippen molar-refractivity contribution in [2.24, 2.45) is 0 Å². The molecule has 1 heterocycles. The SMILES string of the molecule is CC(=CSCc1ccccc1)n1c(=O)n(Cc2ccccc2)c2ccccc21. The van der Waals surface area contributed by atoms with Crippen LogP contribution in [0, 0.1) is 0 Å². The number of benzene rings is 3. The van der Waals surface area contributed by atoms with Gasteiger partial charge in [0.25, 0.3) is 0 Å². The first-order valence-corrected chi connectivity index (χ1v) is 10.4. The van der Waals surface area contributed by atoms with E-state index in [9.17, 15) is 4.79 Å². The monoisotopic (exact) mass is 386 g/mol. The van der Waals surface area contributed by atoms with E-state index in [0.717, 1.165) is 28.0 Å². The second-order valence-corrected chi connectivity index (χ2v) is 7.59. The van der Waals surface area contributed by atoms with E-state index in [-0.39, 0.29) is 5.69 Å². The Bertz CT molecular complexity index is 1160. The van der Waals surface area contributed by atoms with Gasteiger partial charge in [0.2, 0.25) is 0 Å². The average molecular weight is 387 g/mol. The highest BCUT2D eigenvalue weighted by atomic mass is 32.2. The fraction of sp³-hybridized carbons (Fsp3) is 0.125. The molecule has 4 rings (SSSR count). The molecular weight excluding hydrogens is 364 g/mol. The third kappa shape index (κ3) is 3.82. The van der Waals surface area contributed by atoms with Crippen molar-refractivity contribution in [3.8, 4) is 0 Å². The highest BCUT2D eigenvalue weighted by Crippen LogP contribution is 2.21. The molecule has 0 aliphatic heterocycles. The van der Waals surface area contributed by atoms with Crippen molar-refractivity contribution >= 4 is 28.5 Å². The summed E-state index contributed by atoms with van der Waals surface area (Å²) in [5.41, 5.74) is 5.23. The van der Waals surface area contributed by atoms with Crippen molar-refractivity contribution < 1.29 is 0 Å². The summed E-state index contributed by atoms with van der Waals surface area (Å²) in [5.74, 6) is 0.885.